The number of ether oxygens (including phenoxy) is 2. The van der Waals surface area contributed by atoms with Gasteiger partial charge in [-0.05, 0) is 19.1 Å². The number of halogens is 5. The molecular weight excluding hydrogens is 329 g/mol. The van der Waals surface area contributed by atoms with Crippen LogP contribution in [0.4, 0.5) is 27.6 Å². The van der Waals surface area contributed by atoms with Crippen molar-refractivity contribution in [2.24, 2.45) is 0 Å². The molecule has 0 radical (unpaired) electrons. The average Bonchev–Trinajstić information content (AvgIpc) is 2.81. The highest BCUT2D eigenvalue weighted by molar-refractivity contribution is 5.79. The zero-order chi connectivity index (χ0) is 17.6. The molecule has 1 aliphatic heterocycles. The molecule has 2 atom stereocenters. The molecule has 1 unspecified atom stereocenters. The van der Waals surface area contributed by atoms with Crippen LogP contribution in [0.2, 0.25) is 0 Å². The van der Waals surface area contributed by atoms with E-state index in [0.717, 1.165) is 13.2 Å². The molecule has 1 fully saturated rings. The van der Waals surface area contributed by atoms with Crippen molar-refractivity contribution in [2.45, 2.75) is 24.9 Å². The molecule has 0 aliphatic carbocycles. The van der Waals surface area contributed by atoms with E-state index in [4.69, 9.17) is 5.11 Å². The molecule has 1 aromatic rings. The van der Waals surface area contributed by atoms with E-state index in [0.29, 0.717) is 17.9 Å². The highest BCUT2D eigenvalue weighted by atomic mass is 19.4. The van der Waals surface area contributed by atoms with E-state index < -0.39 is 47.9 Å². The van der Waals surface area contributed by atoms with Crippen LogP contribution >= 0.6 is 0 Å². The molecule has 1 heterocycles. The number of carboxylic acids is 1. The minimum atomic E-state index is -4.86. The first-order valence-electron chi connectivity index (χ1n) is 6.28. The van der Waals surface area contributed by atoms with E-state index in [2.05, 4.69) is 9.47 Å². The van der Waals surface area contributed by atoms with Gasteiger partial charge in [0.1, 0.15) is 0 Å². The Labute approximate surface area is 127 Å². The summed E-state index contributed by atoms with van der Waals surface area (Å²) in [6.07, 6.45) is -6.89. The maximum atomic E-state index is 13.7. The van der Waals surface area contributed by atoms with Crippen molar-refractivity contribution in [3.63, 3.8) is 0 Å². The summed E-state index contributed by atoms with van der Waals surface area (Å²) in [6.45, 7) is -0.246. The van der Waals surface area contributed by atoms with Crippen LogP contribution < -0.4 is 9.64 Å². The van der Waals surface area contributed by atoms with Crippen molar-refractivity contribution in [1.82, 2.24) is 0 Å². The fourth-order valence-corrected chi connectivity index (χ4v) is 2.25. The van der Waals surface area contributed by atoms with Crippen LogP contribution in [0.25, 0.3) is 0 Å². The Bertz CT molecular complexity index is 636. The molecule has 0 saturated carbocycles. The standard InChI is InChI=1S/C13H12F5NO4/c1-12(13(16,17)18)5-19(10(23-12)11(20)21)7-4-3-6(14)8(15)9(7)22-2/h3-4,10H,5H2,1-2H3,(H,20,21)/t10?,12-/m1/s1. The van der Waals surface area contributed by atoms with Crippen molar-refractivity contribution in [1.29, 1.82) is 0 Å². The Morgan fingerprint density at radius 1 is 1.43 bits per heavy atom. The number of carboxylic acid groups (broad SMARTS) is 1. The van der Waals surface area contributed by atoms with Crippen LogP contribution in [-0.2, 0) is 9.53 Å². The molecule has 5 nitrogen and oxygen atoms in total. The summed E-state index contributed by atoms with van der Waals surface area (Å²) in [7, 11) is 0.983. The number of alkyl halides is 3. The Kier molecular flexibility index (Phi) is 4.14. The van der Waals surface area contributed by atoms with Crippen molar-refractivity contribution in [3.8, 4) is 5.75 Å². The molecule has 23 heavy (non-hydrogen) atoms. The number of anilines is 1. The molecule has 10 heteroatoms. The van der Waals surface area contributed by atoms with Gasteiger partial charge in [0.05, 0.1) is 19.3 Å². The van der Waals surface area contributed by atoms with E-state index in [1.807, 2.05) is 0 Å². The zero-order valence-corrected chi connectivity index (χ0v) is 11.9. The van der Waals surface area contributed by atoms with Crippen molar-refractivity contribution < 1.29 is 41.3 Å². The van der Waals surface area contributed by atoms with Gasteiger partial charge < -0.3 is 19.5 Å². The van der Waals surface area contributed by atoms with Crippen molar-refractivity contribution in [3.05, 3.63) is 23.8 Å². The normalized spacial score (nSPS) is 24.8. The van der Waals surface area contributed by atoms with E-state index in [1.54, 1.807) is 0 Å². The highest BCUT2D eigenvalue weighted by Gasteiger charge is 2.61. The van der Waals surface area contributed by atoms with Crippen LogP contribution in [-0.4, -0.2) is 42.7 Å². The Morgan fingerprint density at radius 2 is 2.04 bits per heavy atom. The van der Waals surface area contributed by atoms with E-state index in [-0.39, 0.29) is 5.69 Å². The number of aliphatic carboxylic acids is 1. The van der Waals surface area contributed by atoms with Crippen molar-refractivity contribution in [2.75, 3.05) is 18.6 Å². The smallest absolute Gasteiger partial charge is 0.419 e. The highest BCUT2D eigenvalue weighted by Crippen LogP contribution is 2.44. The van der Waals surface area contributed by atoms with Gasteiger partial charge in [0.25, 0.3) is 0 Å². The number of methoxy groups -OCH3 is 1. The van der Waals surface area contributed by atoms with Gasteiger partial charge in [-0.2, -0.15) is 17.6 Å². The van der Waals surface area contributed by atoms with Gasteiger partial charge in [0.15, 0.2) is 17.2 Å². The third kappa shape index (κ3) is 2.78. The summed E-state index contributed by atoms with van der Waals surface area (Å²) < 4.78 is 75.5. The maximum absolute atomic E-state index is 13.7. The summed E-state index contributed by atoms with van der Waals surface area (Å²) in [4.78, 5) is 11.9. The first kappa shape index (κ1) is 17.3. The fraction of sp³-hybridized carbons (Fsp3) is 0.462. The lowest BCUT2D eigenvalue weighted by molar-refractivity contribution is -0.259. The number of hydrogen-bond acceptors (Lipinski definition) is 4. The Hall–Kier alpha value is -2.10. The minimum Gasteiger partial charge on any atom is -0.491 e. The van der Waals surface area contributed by atoms with E-state index >= 15 is 0 Å². The molecule has 1 N–H and O–H groups in total. The number of hydrogen-bond donors (Lipinski definition) is 1. The summed E-state index contributed by atoms with van der Waals surface area (Å²) >= 11 is 0. The molecule has 2 rings (SSSR count). The van der Waals surface area contributed by atoms with E-state index in [1.165, 1.54) is 0 Å². The van der Waals surface area contributed by atoms with Crippen LogP contribution in [0.15, 0.2) is 12.1 Å². The lowest BCUT2D eigenvalue weighted by Gasteiger charge is -2.26. The average molecular weight is 341 g/mol. The van der Waals surface area contributed by atoms with Crippen molar-refractivity contribution >= 4 is 11.7 Å². The molecule has 1 aliphatic rings. The number of benzene rings is 1. The van der Waals surface area contributed by atoms with Crippen LogP contribution in [0.1, 0.15) is 6.92 Å². The molecule has 0 spiro atoms. The quantitative estimate of drug-likeness (QED) is 0.857. The predicted molar refractivity (Wildman–Crippen MR) is 67.2 cm³/mol. The number of nitrogens with zero attached hydrogens (tertiary/aromatic N) is 1. The Balaban J connectivity index is 2.53. The van der Waals surface area contributed by atoms with Crippen LogP contribution in [0.3, 0.4) is 0 Å². The summed E-state index contributed by atoms with van der Waals surface area (Å²) in [5, 5.41) is 9.09. The molecule has 1 aromatic carbocycles. The van der Waals surface area contributed by atoms with Gasteiger partial charge in [-0.25, -0.2) is 9.18 Å². The fourth-order valence-electron chi connectivity index (χ4n) is 2.25. The SMILES string of the molecule is COc1c(N2C[C@](C)(C(F)(F)F)OC2C(=O)O)ccc(F)c1F. The summed E-state index contributed by atoms with van der Waals surface area (Å²) in [5.74, 6) is -5.12. The summed E-state index contributed by atoms with van der Waals surface area (Å²) in [5.41, 5.74) is -3.14. The third-order valence-corrected chi connectivity index (χ3v) is 3.48. The third-order valence-electron chi connectivity index (χ3n) is 3.48. The molecule has 0 aromatic heterocycles. The maximum Gasteiger partial charge on any atom is 0.419 e. The molecule has 0 amide bonds. The first-order valence-corrected chi connectivity index (χ1v) is 6.28. The molecule has 128 valence electrons. The monoisotopic (exact) mass is 341 g/mol. The Morgan fingerprint density at radius 3 is 2.52 bits per heavy atom. The minimum absolute atomic E-state index is 0.355. The summed E-state index contributed by atoms with van der Waals surface area (Å²) in [6, 6.07) is 1.59. The van der Waals surface area contributed by atoms with Gasteiger partial charge in [-0.15, -0.1) is 0 Å². The predicted octanol–water partition coefficient (Wildman–Crippen LogP) is 2.54. The van der Waals surface area contributed by atoms with Crippen LogP contribution in [0, 0.1) is 11.6 Å². The second-order valence-corrected chi connectivity index (χ2v) is 5.08. The van der Waals surface area contributed by atoms with Gasteiger partial charge in [0.2, 0.25) is 12.0 Å². The van der Waals surface area contributed by atoms with Gasteiger partial charge >= 0.3 is 12.1 Å². The lowest BCUT2D eigenvalue weighted by atomic mass is 10.1. The molecule has 0 bridgehead atoms. The number of carbonyl (C=O) groups is 1. The first-order chi connectivity index (χ1) is 10.5. The van der Waals surface area contributed by atoms with Gasteiger partial charge in [-0.3, -0.25) is 0 Å². The second-order valence-electron chi connectivity index (χ2n) is 5.08. The number of rotatable bonds is 3. The van der Waals surface area contributed by atoms with Gasteiger partial charge in [0, 0.05) is 0 Å². The molecule has 1 saturated heterocycles. The second kappa shape index (κ2) is 5.52. The van der Waals surface area contributed by atoms with E-state index in [9.17, 15) is 26.7 Å². The molecular formula is C13H12F5NO4. The van der Waals surface area contributed by atoms with Gasteiger partial charge in [-0.1, -0.05) is 0 Å². The topological polar surface area (TPSA) is 59.0 Å². The van der Waals surface area contributed by atoms with Crippen LogP contribution in [0.5, 0.6) is 5.75 Å². The zero-order valence-electron chi connectivity index (χ0n) is 11.9. The lowest BCUT2D eigenvalue weighted by Crippen LogP contribution is -2.46. The largest absolute Gasteiger partial charge is 0.491 e.